The van der Waals surface area contributed by atoms with E-state index < -0.39 is 29.8 Å². The predicted octanol–water partition coefficient (Wildman–Crippen LogP) is 3.93. The molecule has 0 N–H and O–H groups in total. The highest BCUT2D eigenvalue weighted by atomic mass is 16.7. The summed E-state index contributed by atoms with van der Waals surface area (Å²) in [6.45, 7) is 3.68. The van der Waals surface area contributed by atoms with Crippen molar-refractivity contribution in [3.63, 3.8) is 0 Å². The minimum Gasteiger partial charge on any atom is -0.493 e. The molecule has 0 saturated carbocycles. The molecule has 2 heterocycles. The monoisotopic (exact) mass is 496 g/mol. The second-order valence-electron chi connectivity index (χ2n) is 8.89. The zero-order valence-corrected chi connectivity index (χ0v) is 20.8. The van der Waals surface area contributed by atoms with Gasteiger partial charge in [0.05, 0.1) is 33.9 Å². The highest BCUT2D eigenvalue weighted by Gasteiger charge is 2.54. The van der Waals surface area contributed by atoms with Crippen molar-refractivity contribution < 1.29 is 42.7 Å². The fraction of sp³-hybridized carbons (Fsp3) is 0.407. The summed E-state index contributed by atoms with van der Waals surface area (Å²) in [4.78, 5) is 26.0. The van der Waals surface area contributed by atoms with Gasteiger partial charge in [0.15, 0.2) is 23.0 Å². The Bertz CT molecular complexity index is 1220. The van der Waals surface area contributed by atoms with E-state index in [0.717, 1.165) is 16.7 Å². The Kier molecular flexibility index (Phi) is 6.15. The zero-order valence-electron chi connectivity index (χ0n) is 20.8. The van der Waals surface area contributed by atoms with Crippen LogP contribution in [0.4, 0.5) is 0 Å². The van der Waals surface area contributed by atoms with Crippen molar-refractivity contribution in [2.75, 3.05) is 34.7 Å². The lowest BCUT2D eigenvalue weighted by Crippen LogP contribution is -2.36. The van der Waals surface area contributed by atoms with Crippen LogP contribution in [0.2, 0.25) is 0 Å². The molecule has 9 heteroatoms. The van der Waals surface area contributed by atoms with Crippen LogP contribution in [0.25, 0.3) is 0 Å². The largest absolute Gasteiger partial charge is 0.493 e. The van der Waals surface area contributed by atoms with Gasteiger partial charge in [0.2, 0.25) is 12.5 Å². The van der Waals surface area contributed by atoms with Crippen LogP contribution in [0.15, 0.2) is 35.9 Å². The van der Waals surface area contributed by atoms with Gasteiger partial charge in [-0.05, 0) is 49.2 Å². The maximum atomic E-state index is 13.2. The van der Waals surface area contributed by atoms with E-state index in [-0.39, 0.29) is 19.4 Å². The molecule has 36 heavy (non-hydrogen) atoms. The molecule has 9 nitrogen and oxygen atoms in total. The van der Waals surface area contributed by atoms with Crippen molar-refractivity contribution >= 4 is 11.9 Å². The molecule has 5 rings (SSSR count). The Morgan fingerprint density at radius 1 is 0.944 bits per heavy atom. The normalized spacial score (nSPS) is 23.9. The number of benzene rings is 2. The average molecular weight is 497 g/mol. The zero-order chi connectivity index (χ0) is 25.6. The fourth-order valence-electron chi connectivity index (χ4n) is 5.27. The number of cyclic esters (lactones) is 1. The molecule has 190 valence electrons. The van der Waals surface area contributed by atoms with Crippen molar-refractivity contribution in [1.29, 1.82) is 0 Å². The van der Waals surface area contributed by atoms with Crippen LogP contribution < -0.4 is 23.7 Å². The van der Waals surface area contributed by atoms with E-state index in [4.69, 9.17) is 33.2 Å². The quantitative estimate of drug-likeness (QED) is 0.435. The van der Waals surface area contributed by atoms with Gasteiger partial charge in [-0.1, -0.05) is 6.08 Å². The number of allylic oxidation sites excluding steroid dienone is 1. The third kappa shape index (κ3) is 3.70. The van der Waals surface area contributed by atoms with Gasteiger partial charge in [-0.25, -0.2) is 4.79 Å². The van der Waals surface area contributed by atoms with Crippen LogP contribution in [-0.4, -0.2) is 46.7 Å². The number of carbonyl (C=O) groups excluding carboxylic acids is 2. The summed E-state index contributed by atoms with van der Waals surface area (Å²) in [5.41, 5.74) is 2.78. The number of esters is 2. The third-order valence-electron chi connectivity index (χ3n) is 7.15. The SMILES string of the molecule is C/C=C(/C)C(=O)O[C@H]1c2cc3c(cc2[C@@H](c2cc(OC)c(OC)c(OC)c2)[C@H]2C(=O)OC[C@@H]21)OCO3. The van der Waals surface area contributed by atoms with Gasteiger partial charge < -0.3 is 33.2 Å². The van der Waals surface area contributed by atoms with Gasteiger partial charge in [-0.15, -0.1) is 0 Å². The van der Waals surface area contributed by atoms with Crippen LogP contribution in [-0.2, 0) is 19.1 Å². The minimum absolute atomic E-state index is 0.0874. The van der Waals surface area contributed by atoms with Gasteiger partial charge >= 0.3 is 11.9 Å². The second kappa shape index (κ2) is 9.29. The highest BCUT2D eigenvalue weighted by molar-refractivity contribution is 5.88. The number of ether oxygens (including phenoxy) is 7. The summed E-state index contributed by atoms with van der Waals surface area (Å²) in [6, 6.07) is 7.36. The average Bonchev–Trinajstić information content (AvgIpc) is 3.52. The smallest absolute Gasteiger partial charge is 0.333 e. The van der Waals surface area contributed by atoms with E-state index in [1.54, 1.807) is 34.1 Å². The Hall–Kier alpha value is -3.88. The molecule has 2 aromatic rings. The number of fused-ring (bicyclic) bond motifs is 3. The van der Waals surface area contributed by atoms with Crippen molar-refractivity contribution in [3.05, 3.63) is 52.6 Å². The van der Waals surface area contributed by atoms with E-state index in [9.17, 15) is 9.59 Å². The molecule has 2 aliphatic heterocycles. The van der Waals surface area contributed by atoms with E-state index in [1.165, 1.54) is 7.11 Å². The van der Waals surface area contributed by atoms with E-state index in [0.29, 0.717) is 34.3 Å². The lowest BCUT2D eigenvalue weighted by atomic mass is 9.66. The Labute approximate surface area is 208 Å². The first-order chi connectivity index (χ1) is 17.4. The lowest BCUT2D eigenvalue weighted by Gasteiger charge is -2.38. The highest BCUT2D eigenvalue weighted by Crippen LogP contribution is 2.56. The Morgan fingerprint density at radius 3 is 2.17 bits per heavy atom. The number of methoxy groups -OCH3 is 3. The topological polar surface area (TPSA) is 98.8 Å². The second-order valence-corrected chi connectivity index (χ2v) is 8.89. The van der Waals surface area contributed by atoms with Gasteiger partial charge in [0.1, 0.15) is 6.10 Å². The van der Waals surface area contributed by atoms with Crippen LogP contribution in [0.5, 0.6) is 28.7 Å². The van der Waals surface area contributed by atoms with Crippen LogP contribution in [0.3, 0.4) is 0 Å². The molecule has 0 unspecified atom stereocenters. The molecule has 3 aliphatic rings. The summed E-state index contributed by atoms with van der Waals surface area (Å²) >= 11 is 0. The molecule has 1 aliphatic carbocycles. The fourth-order valence-corrected chi connectivity index (χ4v) is 5.27. The third-order valence-corrected chi connectivity index (χ3v) is 7.15. The Balaban J connectivity index is 1.72. The van der Waals surface area contributed by atoms with Crippen LogP contribution >= 0.6 is 0 Å². The van der Waals surface area contributed by atoms with Crippen molar-refractivity contribution in [3.8, 4) is 28.7 Å². The van der Waals surface area contributed by atoms with Gasteiger partial charge in [0.25, 0.3) is 0 Å². The van der Waals surface area contributed by atoms with Crippen LogP contribution in [0.1, 0.15) is 42.6 Å². The number of hydrogen-bond donors (Lipinski definition) is 0. The van der Waals surface area contributed by atoms with E-state index >= 15 is 0 Å². The van der Waals surface area contributed by atoms with E-state index in [2.05, 4.69) is 0 Å². The van der Waals surface area contributed by atoms with Crippen LogP contribution in [0, 0.1) is 11.8 Å². The summed E-state index contributed by atoms with van der Waals surface area (Å²) in [5, 5.41) is 0. The number of carbonyl (C=O) groups is 2. The van der Waals surface area contributed by atoms with Crippen molar-refractivity contribution in [1.82, 2.24) is 0 Å². The molecule has 2 aromatic carbocycles. The molecule has 0 radical (unpaired) electrons. The molecule has 0 amide bonds. The standard InChI is InChI=1S/C27H28O9/c1-6-13(2)26(28)36-24-16-10-19-18(34-12-35-19)9-15(16)22(23-17(24)11-33-27(23)29)14-7-20(30-3)25(32-5)21(8-14)31-4/h6-10,17,22-24H,11-12H2,1-5H3/b13-6-/t17-,22+,23-,24-/m0/s1. The molecule has 0 bridgehead atoms. The maximum absolute atomic E-state index is 13.2. The van der Waals surface area contributed by atoms with Crippen molar-refractivity contribution in [2.24, 2.45) is 11.8 Å². The minimum atomic E-state index is -0.702. The lowest BCUT2D eigenvalue weighted by molar-refractivity contribution is -0.150. The first kappa shape index (κ1) is 23.8. The van der Waals surface area contributed by atoms with Gasteiger partial charge in [0, 0.05) is 23.0 Å². The summed E-state index contributed by atoms with van der Waals surface area (Å²) in [6.07, 6.45) is 0.990. The molecule has 0 aromatic heterocycles. The molecular weight excluding hydrogens is 468 g/mol. The first-order valence-corrected chi connectivity index (χ1v) is 11.7. The molecular formula is C27H28O9. The summed E-state index contributed by atoms with van der Waals surface area (Å²) in [5.74, 6) is 0.249. The van der Waals surface area contributed by atoms with Gasteiger partial charge in [-0.3, -0.25) is 4.79 Å². The Morgan fingerprint density at radius 2 is 1.58 bits per heavy atom. The maximum Gasteiger partial charge on any atom is 0.333 e. The molecule has 1 fully saturated rings. The molecule has 1 saturated heterocycles. The predicted molar refractivity (Wildman–Crippen MR) is 127 cm³/mol. The van der Waals surface area contributed by atoms with Gasteiger partial charge in [-0.2, -0.15) is 0 Å². The molecule has 0 spiro atoms. The number of hydrogen-bond acceptors (Lipinski definition) is 9. The summed E-state index contributed by atoms with van der Waals surface area (Å²) in [7, 11) is 4.62. The molecule has 4 atom stereocenters. The first-order valence-electron chi connectivity index (χ1n) is 11.7. The van der Waals surface area contributed by atoms with E-state index in [1.807, 2.05) is 24.3 Å². The summed E-state index contributed by atoms with van der Waals surface area (Å²) < 4.78 is 39.5. The van der Waals surface area contributed by atoms with Crippen molar-refractivity contribution in [2.45, 2.75) is 25.9 Å². The number of rotatable bonds is 6.